The molecule has 5 nitrogen and oxygen atoms in total. The topological polar surface area (TPSA) is 56.7 Å². The van der Waals surface area contributed by atoms with Gasteiger partial charge in [0.1, 0.15) is 5.58 Å². The maximum absolute atomic E-state index is 6.85. The summed E-state index contributed by atoms with van der Waals surface area (Å²) in [6.45, 7) is 0. The molecule has 57 heavy (non-hydrogen) atoms. The van der Waals surface area contributed by atoms with Gasteiger partial charge in [-0.2, -0.15) is 0 Å². The van der Waals surface area contributed by atoms with Crippen LogP contribution in [0, 0.1) is 0 Å². The van der Waals surface area contributed by atoms with E-state index < -0.39 is 0 Å². The summed E-state index contributed by atoms with van der Waals surface area (Å²) in [7, 11) is 0. The average Bonchev–Trinajstić information content (AvgIpc) is 3.96. The molecule has 4 aromatic heterocycles. The predicted molar refractivity (Wildman–Crippen MR) is 236 cm³/mol. The van der Waals surface area contributed by atoms with Gasteiger partial charge in [0, 0.05) is 58.4 Å². The van der Waals surface area contributed by atoms with Gasteiger partial charge in [0.2, 0.25) is 0 Å². The highest BCUT2D eigenvalue weighted by atomic mass is 32.1. The Balaban J connectivity index is 0.987. The van der Waals surface area contributed by atoms with Crippen LogP contribution in [0.4, 0.5) is 0 Å². The number of benzene rings is 8. The van der Waals surface area contributed by atoms with Gasteiger partial charge in [0.15, 0.2) is 23.1 Å². The van der Waals surface area contributed by atoms with Gasteiger partial charge in [-0.15, -0.1) is 11.3 Å². The van der Waals surface area contributed by atoms with E-state index in [1.54, 1.807) is 0 Å². The number of thiophene rings is 1. The lowest BCUT2D eigenvalue weighted by molar-refractivity contribution is 0.666. The lowest BCUT2D eigenvalue weighted by atomic mass is 10.0. The second-order valence-corrected chi connectivity index (χ2v) is 15.4. The molecule has 266 valence electrons. The third-order valence-electron chi connectivity index (χ3n) is 11.1. The molecular formula is C51H30N4OS. The maximum atomic E-state index is 6.85. The van der Waals surface area contributed by atoms with Crippen LogP contribution < -0.4 is 0 Å². The van der Waals surface area contributed by atoms with Crippen molar-refractivity contribution in [2.24, 2.45) is 0 Å². The highest BCUT2D eigenvalue weighted by Gasteiger charge is 2.19. The van der Waals surface area contributed by atoms with Crippen LogP contribution in [0.5, 0.6) is 0 Å². The first kappa shape index (κ1) is 31.9. The highest BCUT2D eigenvalue weighted by Crippen LogP contribution is 2.43. The first-order valence-corrected chi connectivity index (χ1v) is 19.8. The van der Waals surface area contributed by atoms with E-state index in [1.165, 1.54) is 36.5 Å². The number of hydrogen-bond acceptors (Lipinski definition) is 5. The van der Waals surface area contributed by atoms with Crippen LogP contribution in [0.3, 0.4) is 0 Å². The molecule has 0 N–H and O–H groups in total. The van der Waals surface area contributed by atoms with E-state index in [9.17, 15) is 0 Å². The largest absolute Gasteiger partial charge is 0.454 e. The van der Waals surface area contributed by atoms with E-state index in [1.807, 2.05) is 72.0 Å². The molecule has 0 saturated carbocycles. The lowest BCUT2D eigenvalue weighted by Gasteiger charge is -2.08. The van der Waals surface area contributed by atoms with Gasteiger partial charge in [0.25, 0.3) is 0 Å². The fraction of sp³-hybridized carbons (Fsp3) is 0. The van der Waals surface area contributed by atoms with Crippen molar-refractivity contribution in [2.45, 2.75) is 0 Å². The fourth-order valence-electron chi connectivity index (χ4n) is 8.41. The van der Waals surface area contributed by atoms with Gasteiger partial charge >= 0.3 is 0 Å². The van der Waals surface area contributed by atoms with Crippen molar-refractivity contribution in [2.75, 3.05) is 0 Å². The minimum atomic E-state index is 0.649. The summed E-state index contributed by atoms with van der Waals surface area (Å²) in [5.41, 5.74) is 10.3. The van der Waals surface area contributed by atoms with Crippen molar-refractivity contribution in [1.29, 1.82) is 0 Å². The smallest absolute Gasteiger partial charge is 0.164 e. The van der Waals surface area contributed by atoms with Crippen LogP contribution in [0.15, 0.2) is 186 Å². The molecular weight excluding hydrogens is 717 g/mol. The maximum Gasteiger partial charge on any atom is 0.164 e. The van der Waals surface area contributed by atoms with Gasteiger partial charge in [-0.25, -0.2) is 15.0 Å². The van der Waals surface area contributed by atoms with E-state index >= 15 is 0 Å². The van der Waals surface area contributed by atoms with Gasteiger partial charge in [-0.3, -0.25) is 0 Å². The summed E-state index contributed by atoms with van der Waals surface area (Å²) in [5.74, 6) is 1.95. The van der Waals surface area contributed by atoms with Crippen LogP contribution in [0.25, 0.3) is 115 Å². The number of hydrogen-bond donors (Lipinski definition) is 0. The Kier molecular flexibility index (Phi) is 7.03. The van der Waals surface area contributed by atoms with Crippen molar-refractivity contribution in [3.05, 3.63) is 182 Å². The molecule has 0 atom stereocenters. The van der Waals surface area contributed by atoms with Crippen LogP contribution in [-0.2, 0) is 0 Å². The molecule has 0 aliphatic rings. The van der Waals surface area contributed by atoms with Crippen molar-refractivity contribution < 1.29 is 4.42 Å². The summed E-state index contributed by atoms with van der Waals surface area (Å²) < 4.78 is 11.6. The predicted octanol–water partition coefficient (Wildman–Crippen LogP) is 13.9. The zero-order chi connectivity index (χ0) is 37.5. The van der Waals surface area contributed by atoms with Crippen molar-refractivity contribution in [3.8, 4) is 51.0 Å². The summed E-state index contributed by atoms with van der Waals surface area (Å²) in [6, 6.07) is 63.7. The molecule has 12 rings (SSSR count). The summed E-state index contributed by atoms with van der Waals surface area (Å²) in [4.78, 5) is 14.9. The van der Waals surface area contributed by atoms with Gasteiger partial charge < -0.3 is 8.98 Å². The number of nitrogens with zero attached hydrogens (tertiary/aromatic N) is 4. The van der Waals surface area contributed by atoms with E-state index in [4.69, 9.17) is 19.4 Å². The Hall–Kier alpha value is -7.41. The molecule has 0 radical (unpaired) electrons. The quantitative estimate of drug-likeness (QED) is 0.176. The summed E-state index contributed by atoms with van der Waals surface area (Å²) in [6.07, 6.45) is 0. The average molecular weight is 747 g/mol. The van der Waals surface area contributed by atoms with Crippen LogP contribution in [0.1, 0.15) is 0 Å². The molecule has 12 aromatic rings. The van der Waals surface area contributed by atoms with E-state index in [0.29, 0.717) is 17.5 Å². The SMILES string of the molecule is c1ccc(-c2nc(-c3ccccc3)nc(-c3ccc4sc5c(-c6ccc7c(c6)oc6c(-n8c9ccccc9c9ccccc98)cccc67)cccc5c4c3)n2)cc1. The monoisotopic (exact) mass is 746 g/mol. The molecule has 0 fully saturated rings. The molecule has 0 spiro atoms. The zero-order valence-corrected chi connectivity index (χ0v) is 31.2. The highest BCUT2D eigenvalue weighted by molar-refractivity contribution is 7.26. The van der Waals surface area contributed by atoms with Crippen molar-refractivity contribution in [1.82, 2.24) is 19.5 Å². The van der Waals surface area contributed by atoms with Crippen LogP contribution in [0.2, 0.25) is 0 Å². The summed E-state index contributed by atoms with van der Waals surface area (Å²) >= 11 is 1.81. The molecule has 0 aliphatic carbocycles. The van der Waals surface area contributed by atoms with E-state index in [2.05, 4.69) is 126 Å². The van der Waals surface area contributed by atoms with Crippen LogP contribution in [-0.4, -0.2) is 19.5 Å². The number of para-hydroxylation sites is 3. The zero-order valence-electron chi connectivity index (χ0n) is 30.4. The molecule has 0 unspecified atom stereocenters. The molecule has 6 heteroatoms. The Labute approximate surface area is 330 Å². The van der Waals surface area contributed by atoms with Gasteiger partial charge in [-0.1, -0.05) is 133 Å². The number of aromatic nitrogens is 4. The molecule has 0 aliphatic heterocycles. The van der Waals surface area contributed by atoms with E-state index in [-0.39, 0.29) is 0 Å². The second-order valence-electron chi connectivity index (χ2n) is 14.4. The fourth-order valence-corrected chi connectivity index (χ4v) is 9.63. The second kappa shape index (κ2) is 12.6. The minimum Gasteiger partial charge on any atom is -0.454 e. The van der Waals surface area contributed by atoms with E-state index in [0.717, 1.165) is 60.9 Å². The molecule has 0 saturated heterocycles. The first-order chi connectivity index (χ1) is 28.2. The van der Waals surface area contributed by atoms with Crippen LogP contribution >= 0.6 is 11.3 Å². The number of furan rings is 1. The molecule has 0 amide bonds. The molecule has 8 aromatic carbocycles. The Morgan fingerprint density at radius 2 is 0.982 bits per heavy atom. The normalized spacial score (nSPS) is 11.9. The summed E-state index contributed by atoms with van der Waals surface area (Å²) in [5, 5.41) is 7.05. The van der Waals surface area contributed by atoms with Gasteiger partial charge in [0.05, 0.1) is 16.7 Å². The third kappa shape index (κ3) is 5.04. The van der Waals surface area contributed by atoms with Gasteiger partial charge in [-0.05, 0) is 59.7 Å². The standard InChI is InChI=1S/C51H30N4OS/c1-3-13-31(14-4-1)49-52-50(32-15-5-2-6-16-32)54-51(53-49)34-26-28-46-41(29-34)40-21-11-19-35(48(40)57-46)33-25-27-38-39-20-12-24-44(47(39)56-45(38)30-33)55-42-22-9-7-17-36(42)37-18-8-10-23-43(37)55/h1-30H. The lowest BCUT2D eigenvalue weighted by Crippen LogP contribution is -2.00. The first-order valence-electron chi connectivity index (χ1n) is 19.0. The number of rotatable bonds is 5. The Morgan fingerprint density at radius 3 is 1.68 bits per heavy atom. The van der Waals surface area contributed by atoms with Crippen molar-refractivity contribution >= 4 is 75.3 Å². The number of fused-ring (bicyclic) bond motifs is 9. The minimum absolute atomic E-state index is 0.649. The Morgan fingerprint density at radius 1 is 0.404 bits per heavy atom. The third-order valence-corrected chi connectivity index (χ3v) is 12.3. The Bertz CT molecular complexity index is 3420. The van der Waals surface area contributed by atoms with Crippen molar-refractivity contribution in [3.63, 3.8) is 0 Å². The molecule has 0 bridgehead atoms. The molecule has 4 heterocycles.